The molecule has 176 valence electrons. The predicted molar refractivity (Wildman–Crippen MR) is 128 cm³/mol. The molecule has 6 nitrogen and oxygen atoms in total. The number of fused-ring (bicyclic) bond motifs is 2. The second kappa shape index (κ2) is 8.00. The minimum Gasteiger partial charge on any atom is -0.478 e. The lowest BCUT2D eigenvalue weighted by atomic mass is 9.81. The van der Waals surface area contributed by atoms with E-state index in [9.17, 15) is 23.9 Å². The fraction of sp³-hybridized carbons (Fsp3) is 0.154. The van der Waals surface area contributed by atoms with Crippen LogP contribution in [0.5, 0.6) is 5.75 Å². The van der Waals surface area contributed by atoms with Gasteiger partial charge in [-0.3, -0.25) is 0 Å². The monoisotopic (exact) mass is 493 g/mol. The summed E-state index contributed by atoms with van der Waals surface area (Å²) in [6.45, 7) is 3.76. The van der Waals surface area contributed by atoms with Gasteiger partial charge in [0.2, 0.25) is 0 Å². The minimum atomic E-state index is -1.10. The Labute approximate surface area is 203 Å². The lowest BCUT2D eigenvalue weighted by Crippen LogP contribution is -2.22. The number of hydrogen-bond donors (Lipinski definition) is 2. The maximum atomic E-state index is 14.4. The molecule has 0 saturated carbocycles. The summed E-state index contributed by atoms with van der Waals surface area (Å²) in [7, 11) is 0. The number of nitriles is 1. The van der Waals surface area contributed by atoms with E-state index < -0.39 is 23.0 Å². The Balaban J connectivity index is 1.99. The number of carboxylic acid groups (broad SMARTS) is 1. The molecule has 0 saturated heterocycles. The molecule has 0 amide bonds. The van der Waals surface area contributed by atoms with Gasteiger partial charge in [-0.25, -0.2) is 19.1 Å². The summed E-state index contributed by atoms with van der Waals surface area (Å²) in [5.41, 5.74) is 5.34. The predicted octanol–water partition coefficient (Wildman–Crippen LogP) is 6.84. The Morgan fingerprint density at radius 3 is 2.63 bits per heavy atom. The van der Waals surface area contributed by atoms with Crippen molar-refractivity contribution in [2.75, 3.05) is 5.48 Å². The quantitative estimate of drug-likeness (QED) is 0.325. The lowest BCUT2D eigenvalue weighted by molar-refractivity contribution is 0.0697. The highest BCUT2D eigenvalue weighted by Crippen LogP contribution is 2.51. The van der Waals surface area contributed by atoms with E-state index in [0.717, 1.165) is 12.1 Å². The van der Waals surface area contributed by atoms with Gasteiger partial charge in [0.25, 0.3) is 0 Å². The first-order valence-electron chi connectivity index (χ1n) is 10.6. The molecule has 5 rings (SSSR count). The van der Waals surface area contributed by atoms with Crippen LogP contribution in [0.3, 0.4) is 0 Å². The number of anilines is 1. The standard InChI is InChI=1S/C26H18ClF2N3O3/c1-26(2,7-8-30)24-22-16-5-3-13(25(33)34)9-19(16)31-35-21-11-14(27)10-20(23(21)22)32(24)15-4-6-17(28)18(29)12-15/h3-6,9-12,31H,7H2,1-2H3,(H,33,34). The Morgan fingerprint density at radius 1 is 1.17 bits per heavy atom. The number of carboxylic acids is 1. The molecule has 0 unspecified atom stereocenters. The lowest BCUT2D eigenvalue weighted by Gasteiger charge is -2.27. The molecule has 9 heteroatoms. The van der Waals surface area contributed by atoms with E-state index in [-0.39, 0.29) is 12.0 Å². The van der Waals surface area contributed by atoms with Gasteiger partial charge in [-0.05, 0) is 30.3 Å². The number of aromatic nitrogens is 1. The fourth-order valence-corrected chi connectivity index (χ4v) is 4.80. The van der Waals surface area contributed by atoms with Crippen molar-refractivity contribution in [3.8, 4) is 28.6 Å². The van der Waals surface area contributed by atoms with Crippen molar-refractivity contribution in [2.45, 2.75) is 25.7 Å². The van der Waals surface area contributed by atoms with Crippen LogP contribution in [-0.2, 0) is 5.41 Å². The molecule has 1 aliphatic rings. The van der Waals surface area contributed by atoms with Crippen molar-refractivity contribution in [1.82, 2.24) is 4.57 Å². The number of rotatable bonds is 4. The van der Waals surface area contributed by atoms with E-state index in [1.807, 2.05) is 13.8 Å². The molecular weight excluding hydrogens is 476 g/mol. The summed E-state index contributed by atoms with van der Waals surface area (Å²) in [6.07, 6.45) is 0.111. The van der Waals surface area contributed by atoms with Crippen molar-refractivity contribution < 1.29 is 23.5 Å². The van der Waals surface area contributed by atoms with Crippen LogP contribution in [0.15, 0.2) is 48.5 Å². The number of aromatic carboxylic acids is 1. The topological polar surface area (TPSA) is 87.3 Å². The van der Waals surface area contributed by atoms with Gasteiger partial charge in [0.1, 0.15) is 0 Å². The molecule has 0 spiro atoms. The molecule has 0 aliphatic carbocycles. The number of carbonyl (C=O) groups is 1. The molecule has 1 aromatic heterocycles. The van der Waals surface area contributed by atoms with Crippen LogP contribution in [0.1, 0.15) is 36.3 Å². The zero-order chi connectivity index (χ0) is 25.1. The summed E-state index contributed by atoms with van der Waals surface area (Å²) in [5.74, 6) is -2.74. The van der Waals surface area contributed by atoms with Gasteiger partial charge in [0.05, 0.1) is 28.2 Å². The van der Waals surface area contributed by atoms with Crippen LogP contribution in [0.25, 0.3) is 27.7 Å². The molecule has 2 heterocycles. The number of halogens is 3. The van der Waals surface area contributed by atoms with Gasteiger partial charge in [0.15, 0.2) is 17.4 Å². The van der Waals surface area contributed by atoms with E-state index in [2.05, 4.69) is 11.5 Å². The fourth-order valence-electron chi connectivity index (χ4n) is 4.59. The second-order valence-electron chi connectivity index (χ2n) is 8.94. The molecule has 0 atom stereocenters. The molecule has 2 N–H and O–H groups in total. The Bertz CT molecular complexity index is 1590. The molecular formula is C26H18ClF2N3O3. The number of hydrogen-bond acceptors (Lipinski definition) is 4. The number of nitrogens with zero attached hydrogens (tertiary/aromatic N) is 2. The average molecular weight is 494 g/mol. The first-order chi connectivity index (χ1) is 16.6. The Morgan fingerprint density at radius 2 is 1.94 bits per heavy atom. The van der Waals surface area contributed by atoms with Crippen molar-refractivity contribution in [3.63, 3.8) is 0 Å². The molecule has 0 bridgehead atoms. The third kappa shape index (κ3) is 3.56. The number of nitrogens with one attached hydrogen (secondary N) is 1. The largest absolute Gasteiger partial charge is 0.478 e. The maximum absolute atomic E-state index is 14.4. The van der Waals surface area contributed by atoms with Gasteiger partial charge in [-0.2, -0.15) is 5.26 Å². The molecule has 3 aromatic carbocycles. The van der Waals surface area contributed by atoms with E-state index in [1.54, 1.807) is 22.8 Å². The highest BCUT2D eigenvalue weighted by molar-refractivity contribution is 6.32. The van der Waals surface area contributed by atoms with E-state index in [4.69, 9.17) is 16.4 Å². The highest BCUT2D eigenvalue weighted by atomic mass is 35.5. The van der Waals surface area contributed by atoms with Crippen LogP contribution < -0.4 is 10.3 Å². The first-order valence-corrected chi connectivity index (χ1v) is 11.0. The first kappa shape index (κ1) is 22.7. The average Bonchev–Trinajstić information content (AvgIpc) is 3.06. The van der Waals surface area contributed by atoms with E-state index in [0.29, 0.717) is 49.9 Å². The van der Waals surface area contributed by atoms with Gasteiger partial charge in [0, 0.05) is 51.5 Å². The van der Waals surface area contributed by atoms with Crippen molar-refractivity contribution >= 4 is 34.2 Å². The molecule has 0 fully saturated rings. The van der Waals surface area contributed by atoms with E-state index in [1.165, 1.54) is 18.2 Å². The van der Waals surface area contributed by atoms with Gasteiger partial charge < -0.3 is 14.5 Å². The second-order valence-corrected chi connectivity index (χ2v) is 9.38. The normalized spacial score (nSPS) is 12.3. The molecule has 35 heavy (non-hydrogen) atoms. The van der Waals surface area contributed by atoms with Gasteiger partial charge in [-0.15, -0.1) is 0 Å². The van der Waals surface area contributed by atoms with Crippen molar-refractivity contribution in [1.29, 1.82) is 5.26 Å². The summed E-state index contributed by atoms with van der Waals surface area (Å²) in [6, 6.07) is 13.7. The van der Waals surface area contributed by atoms with Crippen LogP contribution in [-0.4, -0.2) is 15.6 Å². The maximum Gasteiger partial charge on any atom is 0.335 e. The van der Waals surface area contributed by atoms with Crippen LogP contribution in [0.4, 0.5) is 14.5 Å². The Kier molecular flexibility index (Phi) is 5.18. The molecule has 1 aliphatic heterocycles. The van der Waals surface area contributed by atoms with E-state index >= 15 is 0 Å². The minimum absolute atomic E-state index is 0.0537. The third-order valence-corrected chi connectivity index (χ3v) is 6.35. The Hall–Kier alpha value is -4.09. The SMILES string of the molecule is CC(C)(CC#N)c1c2c3c(cc(Cl)cc3n1-c1ccc(F)c(F)c1)ONc1cc(C(=O)O)ccc1-2. The van der Waals surface area contributed by atoms with Crippen molar-refractivity contribution in [2.24, 2.45) is 0 Å². The molecule has 4 aromatic rings. The summed E-state index contributed by atoms with van der Waals surface area (Å²) in [4.78, 5) is 17.4. The molecule has 0 radical (unpaired) electrons. The third-order valence-electron chi connectivity index (χ3n) is 6.13. The van der Waals surface area contributed by atoms with Crippen LogP contribution in [0.2, 0.25) is 5.02 Å². The highest BCUT2D eigenvalue weighted by Gasteiger charge is 2.35. The zero-order valence-electron chi connectivity index (χ0n) is 18.6. The number of benzene rings is 3. The smallest absolute Gasteiger partial charge is 0.335 e. The van der Waals surface area contributed by atoms with Crippen LogP contribution >= 0.6 is 11.6 Å². The summed E-state index contributed by atoms with van der Waals surface area (Å²) in [5, 5.41) is 20.1. The zero-order valence-corrected chi connectivity index (χ0v) is 19.4. The van der Waals surface area contributed by atoms with Gasteiger partial charge >= 0.3 is 5.97 Å². The van der Waals surface area contributed by atoms with Crippen LogP contribution in [0, 0.1) is 23.0 Å². The van der Waals surface area contributed by atoms with Crippen molar-refractivity contribution in [3.05, 3.63) is 76.4 Å². The summed E-state index contributed by atoms with van der Waals surface area (Å²) >= 11 is 6.43. The summed E-state index contributed by atoms with van der Waals surface area (Å²) < 4.78 is 29.9. The van der Waals surface area contributed by atoms with Gasteiger partial charge in [-0.1, -0.05) is 31.5 Å².